The molecule has 1 aromatic carbocycles. The molecular weight excluding hydrogens is 317 g/mol. The fourth-order valence-corrected chi connectivity index (χ4v) is 2.01. The molecule has 0 aliphatic carbocycles. The molecule has 2 rings (SSSR count). The minimum atomic E-state index is -4.79. The number of nitrogens with one attached hydrogen (secondary N) is 2. The van der Waals surface area contributed by atoms with Crippen LogP contribution in [-0.4, -0.2) is 25.3 Å². The summed E-state index contributed by atoms with van der Waals surface area (Å²) in [5.74, 6) is -0.364. The number of hydrogen-bond donors (Lipinski definition) is 2. The molecule has 1 aliphatic heterocycles. The third-order valence-electron chi connectivity index (χ3n) is 3.06. The average Bonchev–Trinajstić information content (AvgIpc) is 2.51. The number of halogens is 3. The fourth-order valence-electron chi connectivity index (χ4n) is 2.01. The number of para-hydroxylation sites is 1. The van der Waals surface area contributed by atoms with Crippen molar-refractivity contribution >= 4 is 6.03 Å². The molecule has 0 aromatic heterocycles. The molecule has 1 atom stereocenters. The highest BCUT2D eigenvalue weighted by atomic mass is 19.4. The first kappa shape index (κ1) is 17.4. The van der Waals surface area contributed by atoms with E-state index in [0.29, 0.717) is 13.0 Å². The Morgan fingerprint density at radius 1 is 1.30 bits per heavy atom. The number of urea groups is 1. The van der Waals surface area contributed by atoms with E-state index in [0.717, 1.165) is 12.8 Å². The highest BCUT2D eigenvalue weighted by molar-refractivity contribution is 5.72. The van der Waals surface area contributed by atoms with Gasteiger partial charge in [-0.3, -0.25) is 0 Å². The Morgan fingerprint density at radius 3 is 2.78 bits per heavy atom. The summed E-state index contributed by atoms with van der Waals surface area (Å²) in [5, 5.41) is 2.39. The second kappa shape index (κ2) is 8.02. The SMILES string of the molecule is O=C(NCc1ccccc1OC(F)(F)F)NOC1CCCCO1. The fraction of sp³-hybridized carbons (Fsp3) is 0.500. The molecule has 2 N–H and O–H groups in total. The summed E-state index contributed by atoms with van der Waals surface area (Å²) >= 11 is 0. The van der Waals surface area contributed by atoms with Gasteiger partial charge >= 0.3 is 12.4 Å². The number of rotatable bonds is 5. The molecular formula is C14H17F3N2O4. The van der Waals surface area contributed by atoms with Gasteiger partial charge in [-0.25, -0.2) is 15.1 Å². The summed E-state index contributed by atoms with van der Waals surface area (Å²) < 4.78 is 46.0. The third-order valence-corrected chi connectivity index (χ3v) is 3.06. The molecule has 128 valence electrons. The van der Waals surface area contributed by atoms with E-state index in [1.807, 2.05) is 0 Å². The van der Waals surface area contributed by atoms with Crippen LogP contribution in [-0.2, 0) is 16.1 Å². The van der Waals surface area contributed by atoms with Gasteiger partial charge in [0.15, 0.2) is 6.29 Å². The van der Waals surface area contributed by atoms with E-state index >= 15 is 0 Å². The van der Waals surface area contributed by atoms with Gasteiger partial charge in [-0.05, 0) is 18.9 Å². The van der Waals surface area contributed by atoms with Gasteiger partial charge in [-0.15, -0.1) is 13.2 Å². The maximum absolute atomic E-state index is 12.3. The molecule has 1 aromatic rings. The third kappa shape index (κ3) is 6.33. The van der Waals surface area contributed by atoms with Crippen molar-refractivity contribution in [2.45, 2.75) is 38.5 Å². The lowest BCUT2D eigenvalue weighted by Gasteiger charge is -2.22. The topological polar surface area (TPSA) is 68.8 Å². The van der Waals surface area contributed by atoms with E-state index in [1.165, 1.54) is 18.2 Å². The Hall–Kier alpha value is -2.00. The summed E-state index contributed by atoms with van der Waals surface area (Å²) in [6.07, 6.45) is -2.74. The average molecular weight is 334 g/mol. The molecule has 6 nitrogen and oxygen atoms in total. The normalized spacial score (nSPS) is 18.3. The first-order chi connectivity index (χ1) is 10.9. The van der Waals surface area contributed by atoms with E-state index in [2.05, 4.69) is 15.5 Å². The Bertz CT molecular complexity index is 519. The molecule has 23 heavy (non-hydrogen) atoms. The van der Waals surface area contributed by atoms with Gasteiger partial charge in [0.1, 0.15) is 5.75 Å². The predicted molar refractivity (Wildman–Crippen MR) is 73.2 cm³/mol. The van der Waals surface area contributed by atoms with Crippen molar-refractivity contribution in [3.05, 3.63) is 29.8 Å². The van der Waals surface area contributed by atoms with E-state index in [1.54, 1.807) is 6.07 Å². The van der Waals surface area contributed by atoms with Crippen LogP contribution in [0.4, 0.5) is 18.0 Å². The maximum Gasteiger partial charge on any atom is 0.573 e. The van der Waals surface area contributed by atoms with Gasteiger partial charge in [0.2, 0.25) is 0 Å². The van der Waals surface area contributed by atoms with Crippen LogP contribution in [0.1, 0.15) is 24.8 Å². The van der Waals surface area contributed by atoms with Crippen LogP contribution in [0.5, 0.6) is 5.75 Å². The minimum Gasteiger partial charge on any atom is -0.405 e. The number of hydroxylamine groups is 1. The summed E-state index contributed by atoms with van der Waals surface area (Å²) in [6, 6.07) is 4.88. The molecule has 1 heterocycles. The molecule has 1 fully saturated rings. The van der Waals surface area contributed by atoms with E-state index in [4.69, 9.17) is 9.57 Å². The lowest BCUT2D eigenvalue weighted by atomic mass is 10.2. The lowest BCUT2D eigenvalue weighted by molar-refractivity contribution is -0.274. The first-order valence-corrected chi connectivity index (χ1v) is 7.09. The highest BCUT2D eigenvalue weighted by Gasteiger charge is 2.32. The van der Waals surface area contributed by atoms with Gasteiger partial charge in [0.05, 0.1) is 0 Å². The van der Waals surface area contributed by atoms with Gasteiger partial charge < -0.3 is 14.8 Å². The molecule has 0 bridgehead atoms. The first-order valence-electron chi connectivity index (χ1n) is 7.09. The quantitative estimate of drug-likeness (QED) is 0.813. The number of hydrogen-bond acceptors (Lipinski definition) is 4. The Kier molecular flexibility index (Phi) is 6.05. The van der Waals surface area contributed by atoms with E-state index in [9.17, 15) is 18.0 Å². The second-order valence-electron chi connectivity index (χ2n) is 4.85. The van der Waals surface area contributed by atoms with Gasteiger partial charge in [-0.1, -0.05) is 18.2 Å². The maximum atomic E-state index is 12.3. The molecule has 0 spiro atoms. The number of alkyl halides is 3. The van der Waals surface area contributed by atoms with Crippen LogP contribution >= 0.6 is 0 Å². The van der Waals surface area contributed by atoms with Crippen molar-refractivity contribution < 1.29 is 32.3 Å². The summed E-state index contributed by atoms with van der Waals surface area (Å²) in [6.45, 7) is 0.420. The highest BCUT2D eigenvalue weighted by Crippen LogP contribution is 2.26. The van der Waals surface area contributed by atoms with Crippen LogP contribution in [0.2, 0.25) is 0 Å². The van der Waals surface area contributed by atoms with Crippen molar-refractivity contribution in [1.82, 2.24) is 10.8 Å². The zero-order valence-electron chi connectivity index (χ0n) is 12.2. The van der Waals surface area contributed by atoms with Crippen molar-refractivity contribution in [3.8, 4) is 5.75 Å². The molecule has 1 unspecified atom stereocenters. The number of benzene rings is 1. The van der Waals surface area contributed by atoms with Crippen molar-refractivity contribution in [3.63, 3.8) is 0 Å². The van der Waals surface area contributed by atoms with Crippen molar-refractivity contribution in [1.29, 1.82) is 0 Å². The van der Waals surface area contributed by atoms with Gasteiger partial charge in [-0.2, -0.15) is 0 Å². The Labute approximate surface area is 130 Å². The largest absolute Gasteiger partial charge is 0.573 e. The van der Waals surface area contributed by atoms with Crippen LogP contribution in [0.15, 0.2) is 24.3 Å². The van der Waals surface area contributed by atoms with Crippen LogP contribution in [0.3, 0.4) is 0 Å². The van der Waals surface area contributed by atoms with Crippen LogP contribution < -0.4 is 15.5 Å². The molecule has 2 amide bonds. The van der Waals surface area contributed by atoms with Gasteiger partial charge in [0.25, 0.3) is 0 Å². The molecule has 0 radical (unpaired) electrons. The predicted octanol–water partition coefficient (Wildman–Crippen LogP) is 2.84. The summed E-state index contributed by atoms with van der Waals surface area (Å²) in [4.78, 5) is 16.6. The van der Waals surface area contributed by atoms with Crippen LogP contribution in [0, 0.1) is 0 Å². The zero-order chi connectivity index (χ0) is 16.7. The van der Waals surface area contributed by atoms with Gasteiger partial charge in [0, 0.05) is 25.1 Å². The minimum absolute atomic E-state index is 0.146. The number of carbonyl (C=O) groups is 1. The van der Waals surface area contributed by atoms with Crippen molar-refractivity contribution in [2.75, 3.05) is 6.61 Å². The Morgan fingerprint density at radius 2 is 2.09 bits per heavy atom. The second-order valence-corrected chi connectivity index (χ2v) is 4.85. The standard InChI is InChI=1S/C14H17F3N2O4/c15-14(16,17)22-11-6-2-1-5-10(11)9-18-13(20)19-23-12-7-3-4-8-21-12/h1-2,5-6,12H,3-4,7-9H2,(H2,18,19,20). The molecule has 0 saturated carbocycles. The number of ether oxygens (including phenoxy) is 2. The number of amides is 2. The van der Waals surface area contributed by atoms with Crippen LogP contribution in [0.25, 0.3) is 0 Å². The van der Waals surface area contributed by atoms with E-state index < -0.39 is 18.7 Å². The summed E-state index contributed by atoms with van der Waals surface area (Å²) in [7, 11) is 0. The smallest absolute Gasteiger partial charge is 0.405 e. The number of carbonyl (C=O) groups excluding carboxylic acids is 1. The Balaban J connectivity index is 1.79. The molecule has 1 saturated heterocycles. The molecule has 1 aliphatic rings. The van der Waals surface area contributed by atoms with Crippen molar-refractivity contribution in [2.24, 2.45) is 0 Å². The summed E-state index contributed by atoms with van der Waals surface area (Å²) in [5.41, 5.74) is 2.34. The lowest BCUT2D eigenvalue weighted by Crippen LogP contribution is -2.39. The zero-order valence-corrected chi connectivity index (χ0v) is 12.2. The molecule has 9 heteroatoms. The monoisotopic (exact) mass is 334 g/mol. The van der Waals surface area contributed by atoms with E-state index in [-0.39, 0.29) is 17.9 Å².